The molecule has 3 rings (SSSR count). The minimum absolute atomic E-state index is 0.191. The van der Waals surface area contributed by atoms with Crippen LogP contribution < -0.4 is 9.46 Å². The van der Waals surface area contributed by atoms with Gasteiger partial charge in [-0.25, -0.2) is 8.42 Å². The van der Waals surface area contributed by atoms with E-state index in [4.69, 9.17) is 4.74 Å². The van der Waals surface area contributed by atoms with E-state index < -0.39 is 25.5 Å². The van der Waals surface area contributed by atoms with Gasteiger partial charge in [-0.1, -0.05) is 12.1 Å². The van der Waals surface area contributed by atoms with Crippen LogP contribution in [-0.4, -0.2) is 30.6 Å². The summed E-state index contributed by atoms with van der Waals surface area (Å²) in [5.41, 5.74) is 0.158. The number of nitro groups is 1. The highest BCUT2D eigenvalue weighted by Gasteiger charge is 2.27. The van der Waals surface area contributed by atoms with Crippen LogP contribution in [0.15, 0.2) is 47.5 Å². The summed E-state index contributed by atoms with van der Waals surface area (Å²) in [7, 11) is -2.84. The molecule has 0 aliphatic heterocycles. The van der Waals surface area contributed by atoms with E-state index in [0.29, 0.717) is 10.9 Å². The maximum absolute atomic E-state index is 12.6. The predicted molar refractivity (Wildman–Crippen MR) is 86.6 cm³/mol. The van der Waals surface area contributed by atoms with E-state index >= 15 is 0 Å². The Kier molecular flexibility index (Phi) is 3.81. The van der Waals surface area contributed by atoms with Crippen LogP contribution in [0.5, 0.6) is 5.75 Å². The molecule has 0 spiro atoms. The lowest BCUT2D eigenvalue weighted by atomic mass is 10.2. The number of nitrogens with zero attached hydrogens (tertiary/aromatic N) is 2. The van der Waals surface area contributed by atoms with Crippen LogP contribution in [0.25, 0.3) is 10.9 Å². The lowest BCUT2D eigenvalue weighted by Crippen LogP contribution is -2.15. The fourth-order valence-electron chi connectivity index (χ4n) is 2.25. The van der Waals surface area contributed by atoms with E-state index in [-0.39, 0.29) is 11.4 Å². The minimum Gasteiger partial charge on any atom is -0.497 e. The number of hydrogen-bond acceptors (Lipinski definition) is 6. The van der Waals surface area contributed by atoms with Gasteiger partial charge in [-0.3, -0.25) is 19.9 Å². The highest BCUT2D eigenvalue weighted by molar-refractivity contribution is 7.92. The SMILES string of the molecule is COc1ccc(S(=O)(=O)Nc2cccc3cn[nH]c23)c([N+](=O)[O-])c1. The van der Waals surface area contributed by atoms with Gasteiger partial charge in [-0.15, -0.1) is 0 Å². The van der Waals surface area contributed by atoms with Crippen LogP contribution in [0.1, 0.15) is 0 Å². The second kappa shape index (κ2) is 5.81. The summed E-state index contributed by atoms with van der Waals surface area (Å²) in [4.78, 5) is 9.98. The maximum atomic E-state index is 12.6. The van der Waals surface area contributed by atoms with Crippen molar-refractivity contribution in [3.05, 3.63) is 52.7 Å². The van der Waals surface area contributed by atoms with Crippen molar-refractivity contribution >= 4 is 32.3 Å². The number of hydrogen-bond donors (Lipinski definition) is 2. The molecule has 0 bridgehead atoms. The average molecular weight is 348 g/mol. The number of fused-ring (bicyclic) bond motifs is 1. The molecule has 3 aromatic rings. The lowest BCUT2D eigenvalue weighted by molar-refractivity contribution is -0.387. The first-order valence-corrected chi connectivity index (χ1v) is 8.18. The maximum Gasteiger partial charge on any atom is 0.293 e. The summed E-state index contributed by atoms with van der Waals surface area (Å²) in [5.74, 6) is 0.191. The zero-order chi connectivity index (χ0) is 17.3. The molecule has 2 N–H and O–H groups in total. The Morgan fingerprint density at radius 1 is 1.29 bits per heavy atom. The second-order valence-corrected chi connectivity index (χ2v) is 6.49. The van der Waals surface area contributed by atoms with Crippen molar-refractivity contribution in [2.24, 2.45) is 0 Å². The fourth-order valence-corrected chi connectivity index (χ4v) is 3.47. The first-order chi connectivity index (χ1) is 11.4. The molecule has 1 heterocycles. The first kappa shape index (κ1) is 15.7. The van der Waals surface area contributed by atoms with Gasteiger partial charge in [0.15, 0.2) is 4.90 Å². The Morgan fingerprint density at radius 3 is 2.79 bits per heavy atom. The van der Waals surface area contributed by atoms with Crippen molar-refractivity contribution in [1.82, 2.24) is 10.2 Å². The predicted octanol–water partition coefficient (Wildman–Crippen LogP) is 2.28. The topological polar surface area (TPSA) is 127 Å². The molecule has 9 nitrogen and oxygen atoms in total. The molecule has 24 heavy (non-hydrogen) atoms. The molecule has 124 valence electrons. The number of benzene rings is 2. The lowest BCUT2D eigenvalue weighted by Gasteiger charge is -2.10. The standard InChI is InChI=1S/C14H12N4O5S/c1-23-10-5-6-13(12(7-10)18(19)20)24(21,22)17-11-4-2-3-9-8-15-16-14(9)11/h2-8,17H,1H3,(H,15,16). The van der Waals surface area contributed by atoms with Gasteiger partial charge in [0, 0.05) is 5.39 Å². The smallest absolute Gasteiger partial charge is 0.293 e. The number of nitrogens with one attached hydrogen (secondary N) is 2. The summed E-state index contributed by atoms with van der Waals surface area (Å²) in [6, 6.07) is 8.48. The quantitative estimate of drug-likeness (QED) is 0.538. The van der Waals surface area contributed by atoms with Gasteiger partial charge in [0.05, 0.1) is 35.5 Å². The van der Waals surface area contributed by atoms with Gasteiger partial charge in [-0.2, -0.15) is 5.10 Å². The molecule has 0 amide bonds. The van der Waals surface area contributed by atoms with E-state index in [9.17, 15) is 18.5 Å². The zero-order valence-electron chi connectivity index (χ0n) is 12.4. The number of methoxy groups -OCH3 is 1. The summed E-state index contributed by atoms with van der Waals surface area (Å²) < 4.78 is 32.5. The number of H-pyrrole nitrogens is 1. The summed E-state index contributed by atoms with van der Waals surface area (Å²) in [6.45, 7) is 0. The third kappa shape index (κ3) is 2.74. The Balaban J connectivity index is 2.08. The molecule has 0 unspecified atom stereocenters. The number of para-hydroxylation sites is 1. The summed E-state index contributed by atoms with van der Waals surface area (Å²) in [6.07, 6.45) is 1.54. The van der Waals surface area contributed by atoms with Crippen molar-refractivity contribution in [1.29, 1.82) is 0 Å². The van der Waals surface area contributed by atoms with Crippen molar-refractivity contribution < 1.29 is 18.1 Å². The number of rotatable bonds is 5. The van der Waals surface area contributed by atoms with Gasteiger partial charge in [-0.05, 0) is 18.2 Å². The third-order valence-electron chi connectivity index (χ3n) is 3.37. The molecule has 0 saturated carbocycles. The molecular formula is C14H12N4O5S. The van der Waals surface area contributed by atoms with Crippen LogP contribution in [0.3, 0.4) is 0 Å². The van der Waals surface area contributed by atoms with Crippen LogP contribution in [0.4, 0.5) is 11.4 Å². The number of anilines is 1. The van der Waals surface area contributed by atoms with E-state index in [0.717, 1.165) is 12.1 Å². The minimum atomic E-state index is -4.18. The zero-order valence-corrected chi connectivity index (χ0v) is 13.2. The molecular weight excluding hydrogens is 336 g/mol. The number of nitro benzene ring substituents is 1. The van der Waals surface area contributed by atoms with Crippen molar-refractivity contribution in [3.8, 4) is 5.75 Å². The summed E-state index contributed by atoms with van der Waals surface area (Å²) >= 11 is 0. The van der Waals surface area contributed by atoms with Gasteiger partial charge < -0.3 is 4.74 Å². The molecule has 0 fully saturated rings. The third-order valence-corrected chi connectivity index (χ3v) is 4.79. The fraction of sp³-hybridized carbons (Fsp3) is 0.0714. The monoisotopic (exact) mass is 348 g/mol. The summed E-state index contributed by atoms with van der Waals surface area (Å²) in [5, 5.41) is 18.4. The van der Waals surface area contributed by atoms with E-state index in [2.05, 4.69) is 14.9 Å². The highest BCUT2D eigenvalue weighted by atomic mass is 32.2. The van der Waals surface area contributed by atoms with Crippen molar-refractivity contribution in [2.45, 2.75) is 4.90 Å². The number of aromatic nitrogens is 2. The van der Waals surface area contributed by atoms with Crippen molar-refractivity contribution in [3.63, 3.8) is 0 Å². The largest absolute Gasteiger partial charge is 0.497 e. The van der Waals surface area contributed by atoms with Crippen LogP contribution >= 0.6 is 0 Å². The number of ether oxygens (including phenoxy) is 1. The molecule has 0 aliphatic rings. The Labute approximate surface area is 136 Å². The Hall–Kier alpha value is -3.14. The van der Waals surface area contributed by atoms with Crippen molar-refractivity contribution in [2.75, 3.05) is 11.8 Å². The highest BCUT2D eigenvalue weighted by Crippen LogP contribution is 2.31. The van der Waals surface area contributed by atoms with Gasteiger partial charge in [0.1, 0.15) is 5.75 Å². The Bertz CT molecular complexity index is 1030. The molecule has 1 aromatic heterocycles. The molecule has 0 aliphatic carbocycles. The van der Waals surface area contributed by atoms with Crippen LogP contribution in [0.2, 0.25) is 0 Å². The first-order valence-electron chi connectivity index (χ1n) is 6.70. The molecule has 2 aromatic carbocycles. The molecule has 0 radical (unpaired) electrons. The van der Waals surface area contributed by atoms with Crippen LogP contribution in [0, 0.1) is 10.1 Å². The second-order valence-electron chi connectivity index (χ2n) is 4.84. The number of aromatic amines is 1. The normalized spacial score (nSPS) is 11.4. The van der Waals surface area contributed by atoms with E-state index in [1.807, 2.05) is 0 Å². The average Bonchev–Trinajstić information content (AvgIpc) is 3.03. The number of sulfonamides is 1. The molecule has 0 saturated heterocycles. The van der Waals surface area contributed by atoms with Gasteiger partial charge in [0.25, 0.3) is 15.7 Å². The van der Waals surface area contributed by atoms with Crippen LogP contribution in [-0.2, 0) is 10.0 Å². The molecule has 10 heteroatoms. The van der Waals surface area contributed by atoms with Gasteiger partial charge >= 0.3 is 0 Å². The van der Waals surface area contributed by atoms with E-state index in [1.54, 1.807) is 18.3 Å². The van der Waals surface area contributed by atoms with E-state index in [1.165, 1.54) is 19.2 Å². The van der Waals surface area contributed by atoms with Gasteiger partial charge in [0.2, 0.25) is 0 Å². The molecule has 0 atom stereocenters. The Morgan fingerprint density at radius 2 is 2.08 bits per heavy atom.